The van der Waals surface area contributed by atoms with Crippen molar-refractivity contribution in [2.24, 2.45) is 18.9 Å². The van der Waals surface area contributed by atoms with E-state index in [1.54, 1.807) is 10.9 Å². The minimum Gasteiger partial charge on any atom is -0.462 e. The number of likely N-dealkylation sites (tertiary alicyclic amines) is 1. The number of aryl methyl sites for hydroxylation is 1. The summed E-state index contributed by atoms with van der Waals surface area (Å²) in [7, 11) is 1.89. The Morgan fingerprint density at radius 3 is 2.80 bits per heavy atom. The Balaban J connectivity index is 1.71. The van der Waals surface area contributed by atoms with E-state index in [-0.39, 0.29) is 5.97 Å². The molecule has 1 aromatic heterocycles. The van der Waals surface area contributed by atoms with Crippen LogP contribution in [-0.4, -0.2) is 53.4 Å². The number of fused-ring (bicyclic) bond motifs is 1. The second kappa shape index (κ2) is 5.54. The molecule has 0 bridgehead atoms. The number of ether oxygens (including phenoxy) is 1. The molecule has 0 radical (unpaired) electrons. The first kappa shape index (κ1) is 13.6. The standard InChI is InChI=1S/C14H22N4O2/c1-3-20-14(19)12-6-16-17(2)13(12)9-18-7-10-4-15-5-11(10)8-18/h6,10-11,15H,3-5,7-9H2,1-2H3/t10-,11+. The smallest absolute Gasteiger partial charge is 0.341 e. The first-order chi connectivity index (χ1) is 9.69. The number of nitrogens with zero attached hydrogens (tertiary/aromatic N) is 3. The van der Waals surface area contributed by atoms with Crippen LogP contribution in [0.4, 0.5) is 0 Å². The van der Waals surface area contributed by atoms with Crippen molar-refractivity contribution in [3.05, 3.63) is 17.5 Å². The van der Waals surface area contributed by atoms with Crippen molar-refractivity contribution >= 4 is 5.97 Å². The molecule has 6 heteroatoms. The molecule has 3 rings (SSSR count). The molecule has 0 aromatic carbocycles. The second-order valence-corrected chi connectivity index (χ2v) is 5.72. The van der Waals surface area contributed by atoms with Crippen molar-refractivity contribution in [1.29, 1.82) is 0 Å². The van der Waals surface area contributed by atoms with Crippen LogP contribution in [0, 0.1) is 11.8 Å². The molecule has 0 spiro atoms. The van der Waals surface area contributed by atoms with Crippen LogP contribution in [0.15, 0.2) is 6.20 Å². The summed E-state index contributed by atoms with van der Waals surface area (Å²) in [5.41, 5.74) is 1.56. The number of carbonyl (C=O) groups is 1. The molecule has 0 amide bonds. The number of rotatable bonds is 4. The van der Waals surface area contributed by atoms with Gasteiger partial charge in [-0.3, -0.25) is 9.58 Å². The van der Waals surface area contributed by atoms with Gasteiger partial charge < -0.3 is 10.1 Å². The summed E-state index contributed by atoms with van der Waals surface area (Å²) >= 11 is 0. The zero-order valence-electron chi connectivity index (χ0n) is 12.1. The fourth-order valence-electron chi connectivity index (χ4n) is 3.32. The van der Waals surface area contributed by atoms with Gasteiger partial charge in [0.25, 0.3) is 0 Å². The van der Waals surface area contributed by atoms with Crippen molar-refractivity contribution in [2.75, 3.05) is 32.8 Å². The van der Waals surface area contributed by atoms with Crippen LogP contribution in [-0.2, 0) is 18.3 Å². The lowest BCUT2D eigenvalue weighted by atomic mass is 10.0. The van der Waals surface area contributed by atoms with Crippen molar-refractivity contribution in [1.82, 2.24) is 20.0 Å². The average molecular weight is 278 g/mol. The molecule has 110 valence electrons. The van der Waals surface area contributed by atoms with Gasteiger partial charge >= 0.3 is 5.97 Å². The monoisotopic (exact) mass is 278 g/mol. The van der Waals surface area contributed by atoms with E-state index >= 15 is 0 Å². The van der Waals surface area contributed by atoms with Gasteiger partial charge in [-0.25, -0.2) is 4.79 Å². The molecule has 0 aliphatic carbocycles. The Morgan fingerprint density at radius 1 is 1.45 bits per heavy atom. The third kappa shape index (κ3) is 2.45. The van der Waals surface area contributed by atoms with Gasteiger partial charge in [0.05, 0.1) is 18.5 Å². The van der Waals surface area contributed by atoms with Gasteiger partial charge in [-0.1, -0.05) is 0 Å². The first-order valence-corrected chi connectivity index (χ1v) is 7.30. The summed E-state index contributed by atoms with van der Waals surface area (Å²) in [6.07, 6.45) is 1.62. The lowest BCUT2D eigenvalue weighted by Gasteiger charge is -2.17. The molecule has 2 fully saturated rings. The maximum atomic E-state index is 11.9. The Kier molecular flexibility index (Phi) is 3.76. The van der Waals surface area contributed by atoms with Crippen molar-refractivity contribution in [3.63, 3.8) is 0 Å². The second-order valence-electron chi connectivity index (χ2n) is 5.72. The largest absolute Gasteiger partial charge is 0.462 e. The molecular formula is C14H22N4O2. The first-order valence-electron chi connectivity index (χ1n) is 7.30. The highest BCUT2D eigenvalue weighted by Crippen LogP contribution is 2.27. The molecule has 0 saturated carbocycles. The normalized spacial score (nSPS) is 25.9. The molecule has 3 heterocycles. The predicted octanol–water partition coefficient (Wildman–Crippen LogP) is 0.248. The van der Waals surface area contributed by atoms with Gasteiger partial charge in [0.2, 0.25) is 0 Å². The van der Waals surface area contributed by atoms with Gasteiger partial charge in [-0.2, -0.15) is 5.10 Å². The lowest BCUT2D eigenvalue weighted by Crippen LogP contribution is -2.27. The van der Waals surface area contributed by atoms with Crippen LogP contribution in [0.3, 0.4) is 0 Å². The Hall–Kier alpha value is -1.40. The van der Waals surface area contributed by atoms with Crippen LogP contribution >= 0.6 is 0 Å². The van der Waals surface area contributed by atoms with Gasteiger partial charge in [0, 0.05) is 26.7 Å². The lowest BCUT2D eigenvalue weighted by molar-refractivity contribution is 0.0523. The zero-order valence-corrected chi connectivity index (χ0v) is 12.1. The molecular weight excluding hydrogens is 256 g/mol. The van der Waals surface area contributed by atoms with Crippen LogP contribution in [0.2, 0.25) is 0 Å². The highest BCUT2D eigenvalue weighted by Gasteiger charge is 2.36. The number of hydrogen-bond donors (Lipinski definition) is 1. The van der Waals surface area contributed by atoms with Crippen LogP contribution in [0.1, 0.15) is 23.0 Å². The zero-order chi connectivity index (χ0) is 14.1. The molecule has 2 aliphatic heterocycles. The van der Waals surface area contributed by atoms with Crippen LogP contribution in [0.25, 0.3) is 0 Å². The molecule has 2 saturated heterocycles. The molecule has 2 aliphatic rings. The summed E-state index contributed by atoms with van der Waals surface area (Å²) in [4.78, 5) is 14.4. The fourth-order valence-corrected chi connectivity index (χ4v) is 3.32. The van der Waals surface area contributed by atoms with E-state index in [2.05, 4.69) is 15.3 Å². The van der Waals surface area contributed by atoms with Gasteiger partial charge in [-0.05, 0) is 31.8 Å². The molecule has 1 aromatic rings. The molecule has 6 nitrogen and oxygen atoms in total. The summed E-state index contributed by atoms with van der Waals surface area (Å²) < 4.78 is 6.89. The van der Waals surface area contributed by atoms with Crippen molar-refractivity contribution in [2.45, 2.75) is 13.5 Å². The van der Waals surface area contributed by atoms with Gasteiger partial charge in [-0.15, -0.1) is 0 Å². The van der Waals surface area contributed by atoms with Crippen LogP contribution in [0.5, 0.6) is 0 Å². The SMILES string of the molecule is CCOC(=O)c1cnn(C)c1CN1C[C@H]2CNC[C@H]2C1. The predicted molar refractivity (Wildman–Crippen MR) is 74.3 cm³/mol. The Morgan fingerprint density at radius 2 is 2.15 bits per heavy atom. The Bertz CT molecular complexity index is 487. The fraction of sp³-hybridized carbons (Fsp3) is 0.714. The van der Waals surface area contributed by atoms with E-state index in [0.29, 0.717) is 12.2 Å². The summed E-state index contributed by atoms with van der Waals surface area (Å²) in [6.45, 7) is 7.44. The van der Waals surface area contributed by atoms with E-state index in [9.17, 15) is 4.79 Å². The highest BCUT2D eigenvalue weighted by molar-refractivity contribution is 5.90. The molecule has 2 atom stereocenters. The molecule has 1 N–H and O–H groups in total. The average Bonchev–Trinajstić information content (AvgIpc) is 3.06. The van der Waals surface area contributed by atoms with E-state index in [4.69, 9.17) is 4.74 Å². The van der Waals surface area contributed by atoms with E-state index in [0.717, 1.165) is 50.3 Å². The quantitative estimate of drug-likeness (QED) is 0.800. The topological polar surface area (TPSA) is 59.4 Å². The number of esters is 1. The minimum absolute atomic E-state index is 0.267. The van der Waals surface area contributed by atoms with E-state index < -0.39 is 0 Å². The summed E-state index contributed by atoms with van der Waals surface area (Å²) in [6, 6.07) is 0. The van der Waals surface area contributed by atoms with Gasteiger partial charge in [0.1, 0.15) is 5.56 Å². The maximum Gasteiger partial charge on any atom is 0.341 e. The highest BCUT2D eigenvalue weighted by atomic mass is 16.5. The third-order valence-corrected chi connectivity index (χ3v) is 4.40. The number of aromatic nitrogens is 2. The summed E-state index contributed by atoms with van der Waals surface area (Å²) in [5.74, 6) is 1.25. The van der Waals surface area contributed by atoms with Crippen LogP contribution < -0.4 is 5.32 Å². The van der Waals surface area contributed by atoms with Gasteiger partial charge in [0.15, 0.2) is 0 Å². The molecule has 20 heavy (non-hydrogen) atoms. The maximum absolute atomic E-state index is 11.9. The Labute approximate surface area is 119 Å². The van der Waals surface area contributed by atoms with E-state index in [1.165, 1.54) is 0 Å². The molecule has 0 unspecified atom stereocenters. The van der Waals surface area contributed by atoms with Crippen molar-refractivity contribution < 1.29 is 9.53 Å². The minimum atomic E-state index is -0.267. The number of hydrogen-bond acceptors (Lipinski definition) is 5. The van der Waals surface area contributed by atoms with E-state index in [1.807, 2.05) is 14.0 Å². The van der Waals surface area contributed by atoms with Crippen molar-refractivity contribution in [3.8, 4) is 0 Å². The summed E-state index contributed by atoms with van der Waals surface area (Å²) in [5, 5.41) is 7.65. The number of carbonyl (C=O) groups excluding carboxylic acids is 1. The third-order valence-electron chi connectivity index (χ3n) is 4.40. The number of nitrogens with one attached hydrogen (secondary N) is 1.